The van der Waals surface area contributed by atoms with Crippen LogP contribution in [0.5, 0.6) is 5.75 Å². The van der Waals surface area contributed by atoms with Crippen molar-refractivity contribution in [3.05, 3.63) is 56.7 Å². The molecule has 4 aromatic rings. The Labute approximate surface area is 159 Å². The minimum atomic E-state index is -4.70. The molecule has 1 aromatic carbocycles. The van der Waals surface area contributed by atoms with E-state index in [1.807, 2.05) is 12.3 Å². The van der Waals surface area contributed by atoms with Crippen molar-refractivity contribution in [3.63, 3.8) is 0 Å². The lowest BCUT2D eigenvalue weighted by Gasteiger charge is -2.08. The molecule has 27 heavy (non-hydrogen) atoms. The molecule has 0 N–H and O–H groups in total. The second kappa shape index (κ2) is 6.89. The molecule has 11 heteroatoms. The summed E-state index contributed by atoms with van der Waals surface area (Å²) in [4.78, 5) is 5.10. The van der Waals surface area contributed by atoms with E-state index in [1.165, 1.54) is 23.5 Å². The fourth-order valence-electron chi connectivity index (χ4n) is 2.51. The molecular weight excluding hydrogens is 399 g/mol. The number of alkyl halides is 3. The fourth-order valence-corrected chi connectivity index (χ4v) is 3.99. The van der Waals surface area contributed by atoms with Gasteiger partial charge in [-0.25, -0.2) is 4.98 Å². The van der Waals surface area contributed by atoms with E-state index in [9.17, 15) is 13.2 Å². The number of fused-ring (bicyclic) bond motifs is 1. The highest BCUT2D eigenvalue weighted by Gasteiger charge is 2.31. The van der Waals surface area contributed by atoms with Crippen molar-refractivity contribution in [1.82, 2.24) is 24.8 Å². The van der Waals surface area contributed by atoms with Gasteiger partial charge in [0.15, 0.2) is 5.82 Å². The largest absolute Gasteiger partial charge is 0.573 e. The molecule has 0 fully saturated rings. The predicted octanol–water partition coefficient (Wildman–Crippen LogP) is 4.03. The van der Waals surface area contributed by atoms with Crippen molar-refractivity contribution >= 4 is 27.6 Å². The zero-order chi connectivity index (χ0) is 19.0. The topological polar surface area (TPSA) is 65.2 Å². The summed E-state index contributed by atoms with van der Waals surface area (Å²) in [6, 6.07) is 5.68. The Morgan fingerprint density at radius 1 is 1.11 bits per heavy atom. The van der Waals surface area contributed by atoms with E-state index < -0.39 is 6.36 Å². The van der Waals surface area contributed by atoms with Gasteiger partial charge in [-0.15, -0.1) is 34.7 Å². The van der Waals surface area contributed by atoms with Gasteiger partial charge in [0.25, 0.3) is 0 Å². The molecule has 3 aromatic heterocycles. The first-order valence-electron chi connectivity index (χ1n) is 7.81. The monoisotopic (exact) mass is 411 g/mol. The Morgan fingerprint density at radius 3 is 2.56 bits per heavy atom. The molecule has 140 valence electrons. The number of benzene rings is 1. The van der Waals surface area contributed by atoms with Gasteiger partial charge >= 0.3 is 6.36 Å². The van der Waals surface area contributed by atoms with Crippen LogP contribution in [0.3, 0.4) is 0 Å². The van der Waals surface area contributed by atoms with Gasteiger partial charge in [-0.3, -0.25) is 0 Å². The number of ether oxygens (including phenoxy) is 1. The zero-order valence-corrected chi connectivity index (χ0v) is 15.5. The van der Waals surface area contributed by atoms with Gasteiger partial charge < -0.3 is 4.74 Å². The highest BCUT2D eigenvalue weighted by Crippen LogP contribution is 2.24. The summed E-state index contributed by atoms with van der Waals surface area (Å²) in [5, 5.41) is 16.7. The highest BCUT2D eigenvalue weighted by molar-refractivity contribution is 7.16. The van der Waals surface area contributed by atoms with Gasteiger partial charge in [0.1, 0.15) is 10.8 Å². The molecule has 4 rings (SSSR count). The molecule has 0 aliphatic carbocycles. The van der Waals surface area contributed by atoms with Crippen LogP contribution in [0.1, 0.15) is 27.1 Å². The summed E-state index contributed by atoms with van der Waals surface area (Å²) in [5.74, 6) is 0.360. The van der Waals surface area contributed by atoms with E-state index in [0.717, 1.165) is 21.3 Å². The molecule has 0 unspecified atom stereocenters. The van der Waals surface area contributed by atoms with Crippen molar-refractivity contribution in [2.45, 2.75) is 26.1 Å². The van der Waals surface area contributed by atoms with Crippen LogP contribution in [-0.4, -0.2) is 31.2 Å². The summed E-state index contributed by atoms with van der Waals surface area (Å²) in [6.45, 7) is 1.95. The van der Waals surface area contributed by atoms with Gasteiger partial charge in [-0.2, -0.15) is 9.61 Å². The summed E-state index contributed by atoms with van der Waals surface area (Å²) >= 11 is 3.03. The number of hydrogen-bond acceptors (Lipinski definition) is 7. The number of hydrogen-bond donors (Lipinski definition) is 0. The summed E-state index contributed by atoms with van der Waals surface area (Å²) < 4.78 is 42.2. The zero-order valence-electron chi connectivity index (χ0n) is 13.9. The van der Waals surface area contributed by atoms with Crippen molar-refractivity contribution in [2.75, 3.05) is 0 Å². The van der Waals surface area contributed by atoms with Crippen LogP contribution in [0.2, 0.25) is 0 Å². The molecule has 0 atom stereocenters. The summed E-state index contributed by atoms with van der Waals surface area (Å²) in [7, 11) is 0. The Balaban J connectivity index is 1.50. The number of aromatic nitrogens is 5. The predicted molar refractivity (Wildman–Crippen MR) is 94.2 cm³/mol. The van der Waals surface area contributed by atoms with Gasteiger partial charge in [0, 0.05) is 18.2 Å². The Bertz CT molecular complexity index is 1070. The van der Waals surface area contributed by atoms with E-state index in [-0.39, 0.29) is 5.75 Å². The van der Waals surface area contributed by atoms with Crippen LogP contribution in [0.25, 0.3) is 4.96 Å². The van der Waals surface area contributed by atoms with E-state index in [4.69, 9.17) is 0 Å². The van der Waals surface area contributed by atoms with Crippen molar-refractivity contribution < 1.29 is 17.9 Å². The maximum atomic E-state index is 12.2. The normalized spacial score (nSPS) is 12.0. The lowest BCUT2D eigenvalue weighted by molar-refractivity contribution is -0.274. The molecule has 6 nitrogen and oxygen atoms in total. The molecule has 0 amide bonds. The molecule has 0 bridgehead atoms. The molecule has 0 aliphatic rings. The summed E-state index contributed by atoms with van der Waals surface area (Å²) in [5.41, 5.74) is 1.74. The van der Waals surface area contributed by atoms with Crippen molar-refractivity contribution in [2.24, 2.45) is 0 Å². The lowest BCUT2D eigenvalue weighted by Crippen LogP contribution is -2.17. The number of thiazole rings is 1. The molecule has 0 spiro atoms. The Morgan fingerprint density at radius 2 is 1.89 bits per heavy atom. The highest BCUT2D eigenvalue weighted by atomic mass is 32.1. The first kappa shape index (κ1) is 17.9. The minimum absolute atomic E-state index is 0.257. The maximum Gasteiger partial charge on any atom is 0.573 e. The molecule has 0 aliphatic heterocycles. The lowest BCUT2D eigenvalue weighted by atomic mass is 10.1. The van der Waals surface area contributed by atoms with Gasteiger partial charge in [0.2, 0.25) is 4.96 Å². The van der Waals surface area contributed by atoms with Crippen molar-refractivity contribution in [3.8, 4) is 5.75 Å². The third kappa shape index (κ3) is 4.25. The van der Waals surface area contributed by atoms with Crippen molar-refractivity contribution in [1.29, 1.82) is 0 Å². The first-order chi connectivity index (χ1) is 12.9. The number of rotatable bonds is 5. The second-order valence-electron chi connectivity index (χ2n) is 5.71. The van der Waals surface area contributed by atoms with Gasteiger partial charge in [-0.1, -0.05) is 23.5 Å². The van der Waals surface area contributed by atoms with Crippen LogP contribution >= 0.6 is 22.7 Å². The average molecular weight is 411 g/mol. The van der Waals surface area contributed by atoms with Crippen LogP contribution < -0.4 is 4.74 Å². The minimum Gasteiger partial charge on any atom is -0.406 e. The van der Waals surface area contributed by atoms with Crippen LogP contribution in [0.15, 0.2) is 29.6 Å². The summed E-state index contributed by atoms with van der Waals surface area (Å²) in [6.07, 6.45) is -3.68. The number of aryl methyl sites for hydroxylation is 1. The van der Waals surface area contributed by atoms with Gasteiger partial charge in [0.05, 0.1) is 10.7 Å². The quantitative estimate of drug-likeness (QED) is 0.496. The number of halogens is 3. The first-order valence-corrected chi connectivity index (χ1v) is 9.51. The van der Waals surface area contributed by atoms with E-state index in [0.29, 0.717) is 23.6 Å². The van der Waals surface area contributed by atoms with E-state index >= 15 is 0 Å². The third-order valence-corrected chi connectivity index (χ3v) is 5.34. The van der Waals surface area contributed by atoms with E-state index in [1.54, 1.807) is 28.0 Å². The molecule has 3 heterocycles. The van der Waals surface area contributed by atoms with Crippen LogP contribution in [-0.2, 0) is 12.8 Å². The number of nitrogens with zero attached hydrogens (tertiary/aromatic N) is 5. The average Bonchev–Trinajstić information content (AvgIpc) is 3.26. The standard InChI is InChI=1S/C16H12F3N5OS2/c1-9-20-11(8-26-9)7-14-23-24-13(21-22-15(24)27-14)6-10-2-4-12(5-3-10)25-16(17,18)19/h2-5,8H,6-7H2,1H3. The fraction of sp³-hybridized carbons (Fsp3) is 0.250. The molecule has 0 radical (unpaired) electrons. The SMILES string of the molecule is Cc1nc(Cc2nn3c(Cc4ccc(OC(F)(F)F)cc4)nnc3s2)cs1. The van der Waals surface area contributed by atoms with Crippen LogP contribution in [0, 0.1) is 6.92 Å². The molecular formula is C16H12F3N5OS2. The van der Waals surface area contributed by atoms with Gasteiger partial charge in [-0.05, 0) is 24.6 Å². The third-order valence-electron chi connectivity index (χ3n) is 3.62. The molecule has 0 saturated carbocycles. The molecule has 0 saturated heterocycles. The smallest absolute Gasteiger partial charge is 0.406 e. The van der Waals surface area contributed by atoms with Crippen LogP contribution in [0.4, 0.5) is 13.2 Å². The Hall–Kier alpha value is -2.53. The second-order valence-corrected chi connectivity index (χ2v) is 7.81. The Kier molecular flexibility index (Phi) is 4.56. The van der Waals surface area contributed by atoms with E-state index in [2.05, 4.69) is 25.0 Å². The maximum absolute atomic E-state index is 12.2.